The summed E-state index contributed by atoms with van der Waals surface area (Å²) in [7, 11) is -3.61. The van der Waals surface area contributed by atoms with Crippen LogP contribution in [0.1, 0.15) is 19.4 Å². The predicted molar refractivity (Wildman–Crippen MR) is 78.8 cm³/mol. The summed E-state index contributed by atoms with van der Waals surface area (Å²) >= 11 is 3.28. The van der Waals surface area contributed by atoms with E-state index in [0.717, 1.165) is 0 Å². The number of rotatable bonds is 3. The minimum atomic E-state index is -3.61. The fourth-order valence-corrected chi connectivity index (χ4v) is 4.85. The number of hydrogen-bond donors (Lipinski definition) is 1. The standard InChI is InChI=1S/C13H18BrNO4S/c1-9-8-19-10(2)6-15(9)20(17,18)13-5-11(7-16)3-4-12(13)14/h3-5,9-10,16H,6-8H2,1-2H3. The van der Waals surface area contributed by atoms with Gasteiger partial charge in [0.1, 0.15) is 0 Å². The number of morpholine rings is 1. The molecule has 2 atom stereocenters. The van der Waals surface area contributed by atoms with Gasteiger partial charge in [-0.05, 0) is 47.5 Å². The fraction of sp³-hybridized carbons (Fsp3) is 0.538. The molecule has 1 aliphatic heterocycles. The van der Waals surface area contributed by atoms with Crippen molar-refractivity contribution in [3.8, 4) is 0 Å². The highest BCUT2D eigenvalue weighted by Gasteiger charge is 2.35. The third kappa shape index (κ3) is 3.07. The van der Waals surface area contributed by atoms with Gasteiger partial charge in [0.05, 0.1) is 24.2 Å². The smallest absolute Gasteiger partial charge is 0.244 e. The molecule has 0 radical (unpaired) electrons. The molecule has 112 valence electrons. The summed E-state index contributed by atoms with van der Waals surface area (Å²) in [6, 6.07) is 4.63. The van der Waals surface area contributed by atoms with Gasteiger partial charge in [-0.3, -0.25) is 0 Å². The Hall–Kier alpha value is -0.470. The van der Waals surface area contributed by atoms with Crippen molar-refractivity contribution in [2.75, 3.05) is 13.2 Å². The van der Waals surface area contributed by atoms with Crippen molar-refractivity contribution in [1.29, 1.82) is 0 Å². The lowest BCUT2D eigenvalue weighted by Crippen LogP contribution is -2.50. The number of aliphatic hydroxyl groups is 1. The second-order valence-corrected chi connectivity index (χ2v) is 7.70. The van der Waals surface area contributed by atoms with Gasteiger partial charge < -0.3 is 9.84 Å². The lowest BCUT2D eigenvalue weighted by molar-refractivity contribution is -0.0170. The monoisotopic (exact) mass is 363 g/mol. The van der Waals surface area contributed by atoms with E-state index in [1.807, 2.05) is 13.8 Å². The second kappa shape index (κ2) is 6.11. The van der Waals surface area contributed by atoms with E-state index in [1.165, 1.54) is 10.4 Å². The van der Waals surface area contributed by atoms with Crippen molar-refractivity contribution in [3.63, 3.8) is 0 Å². The van der Waals surface area contributed by atoms with Crippen LogP contribution in [0.15, 0.2) is 27.6 Å². The van der Waals surface area contributed by atoms with Crippen molar-refractivity contribution in [2.45, 2.75) is 37.5 Å². The average Bonchev–Trinajstić information content (AvgIpc) is 2.41. The number of aliphatic hydroxyl groups excluding tert-OH is 1. The zero-order valence-corrected chi connectivity index (χ0v) is 13.8. The molecule has 2 rings (SSSR count). The Labute approximate surface area is 127 Å². The number of benzene rings is 1. The molecule has 1 saturated heterocycles. The minimum Gasteiger partial charge on any atom is -0.392 e. The number of ether oxygens (including phenoxy) is 1. The van der Waals surface area contributed by atoms with Gasteiger partial charge in [0.15, 0.2) is 0 Å². The van der Waals surface area contributed by atoms with E-state index in [-0.39, 0.29) is 23.6 Å². The first-order valence-electron chi connectivity index (χ1n) is 6.39. The topological polar surface area (TPSA) is 66.8 Å². The molecule has 0 aliphatic carbocycles. The highest BCUT2D eigenvalue weighted by molar-refractivity contribution is 9.10. The lowest BCUT2D eigenvalue weighted by atomic mass is 10.2. The fourth-order valence-electron chi connectivity index (χ4n) is 2.18. The molecule has 0 amide bonds. The van der Waals surface area contributed by atoms with Crippen LogP contribution >= 0.6 is 15.9 Å². The molecule has 1 aromatic rings. The van der Waals surface area contributed by atoms with Gasteiger partial charge >= 0.3 is 0 Å². The average molecular weight is 364 g/mol. The van der Waals surface area contributed by atoms with Crippen LogP contribution in [-0.2, 0) is 21.4 Å². The van der Waals surface area contributed by atoms with Crippen molar-refractivity contribution < 1.29 is 18.3 Å². The summed E-state index contributed by atoms with van der Waals surface area (Å²) in [5, 5.41) is 9.18. The van der Waals surface area contributed by atoms with E-state index in [4.69, 9.17) is 4.74 Å². The molecule has 2 unspecified atom stereocenters. The Morgan fingerprint density at radius 3 is 2.80 bits per heavy atom. The van der Waals surface area contributed by atoms with Crippen LogP contribution in [-0.4, -0.2) is 43.1 Å². The van der Waals surface area contributed by atoms with Crippen LogP contribution in [0.4, 0.5) is 0 Å². The molecule has 0 bridgehead atoms. The van der Waals surface area contributed by atoms with Gasteiger partial charge in [-0.1, -0.05) is 6.07 Å². The molecule has 0 saturated carbocycles. The maximum absolute atomic E-state index is 12.8. The Morgan fingerprint density at radius 2 is 2.15 bits per heavy atom. The molecule has 0 aromatic heterocycles. The zero-order valence-electron chi connectivity index (χ0n) is 11.4. The number of nitrogens with zero attached hydrogens (tertiary/aromatic N) is 1. The quantitative estimate of drug-likeness (QED) is 0.887. The molecule has 1 aliphatic rings. The summed E-state index contributed by atoms with van der Waals surface area (Å²) in [6.45, 7) is 4.21. The molecule has 20 heavy (non-hydrogen) atoms. The van der Waals surface area contributed by atoms with Crippen molar-refractivity contribution >= 4 is 26.0 Å². The molecule has 1 aromatic carbocycles. The van der Waals surface area contributed by atoms with Crippen LogP contribution in [0, 0.1) is 0 Å². The summed E-state index contributed by atoms with van der Waals surface area (Å²) in [4.78, 5) is 0.185. The Kier molecular flexibility index (Phi) is 4.86. The van der Waals surface area contributed by atoms with Crippen molar-refractivity contribution in [1.82, 2.24) is 4.31 Å². The number of sulfonamides is 1. The Balaban J connectivity index is 2.43. The van der Waals surface area contributed by atoms with Crippen LogP contribution in [0.5, 0.6) is 0 Å². The normalized spacial score (nSPS) is 24.8. The lowest BCUT2D eigenvalue weighted by Gasteiger charge is -2.35. The van der Waals surface area contributed by atoms with E-state index < -0.39 is 10.0 Å². The van der Waals surface area contributed by atoms with Crippen molar-refractivity contribution in [2.24, 2.45) is 0 Å². The van der Waals surface area contributed by atoms with E-state index in [0.29, 0.717) is 23.2 Å². The molecule has 1 heterocycles. The molecular weight excluding hydrogens is 346 g/mol. The van der Waals surface area contributed by atoms with E-state index in [2.05, 4.69) is 15.9 Å². The van der Waals surface area contributed by atoms with E-state index in [1.54, 1.807) is 12.1 Å². The van der Waals surface area contributed by atoms with Gasteiger partial charge in [0.25, 0.3) is 0 Å². The molecule has 1 N–H and O–H groups in total. The van der Waals surface area contributed by atoms with Gasteiger partial charge in [-0.25, -0.2) is 8.42 Å². The Morgan fingerprint density at radius 1 is 1.45 bits per heavy atom. The predicted octanol–water partition coefficient (Wildman–Crippen LogP) is 1.74. The first kappa shape index (κ1) is 15.9. The van der Waals surface area contributed by atoms with Gasteiger partial charge in [0.2, 0.25) is 10.0 Å². The molecule has 7 heteroatoms. The highest BCUT2D eigenvalue weighted by Crippen LogP contribution is 2.29. The van der Waals surface area contributed by atoms with Gasteiger partial charge in [0, 0.05) is 17.1 Å². The third-order valence-electron chi connectivity index (χ3n) is 3.32. The highest BCUT2D eigenvalue weighted by atomic mass is 79.9. The largest absolute Gasteiger partial charge is 0.392 e. The van der Waals surface area contributed by atoms with Crippen LogP contribution in [0.3, 0.4) is 0 Å². The van der Waals surface area contributed by atoms with Crippen molar-refractivity contribution in [3.05, 3.63) is 28.2 Å². The van der Waals surface area contributed by atoms with Gasteiger partial charge in [-0.2, -0.15) is 4.31 Å². The molecule has 5 nitrogen and oxygen atoms in total. The summed E-state index contributed by atoms with van der Waals surface area (Å²) < 4.78 is 33.0. The van der Waals surface area contributed by atoms with Crippen LogP contribution in [0.25, 0.3) is 0 Å². The number of halogens is 1. The van der Waals surface area contributed by atoms with E-state index >= 15 is 0 Å². The van der Waals surface area contributed by atoms with E-state index in [9.17, 15) is 13.5 Å². The summed E-state index contributed by atoms with van der Waals surface area (Å²) in [6.07, 6.45) is -0.124. The Bertz CT molecular complexity index is 590. The minimum absolute atomic E-state index is 0.124. The zero-order chi connectivity index (χ0) is 14.9. The van der Waals surface area contributed by atoms with Crippen LogP contribution < -0.4 is 0 Å². The first-order valence-corrected chi connectivity index (χ1v) is 8.62. The SMILES string of the molecule is CC1CN(S(=O)(=O)c2cc(CO)ccc2Br)C(C)CO1. The first-order chi connectivity index (χ1) is 9.36. The maximum atomic E-state index is 12.8. The molecule has 0 spiro atoms. The third-order valence-corrected chi connectivity index (χ3v) is 6.29. The number of hydrogen-bond acceptors (Lipinski definition) is 4. The summed E-state index contributed by atoms with van der Waals surface area (Å²) in [5.74, 6) is 0. The summed E-state index contributed by atoms with van der Waals surface area (Å²) in [5.41, 5.74) is 0.570. The molecular formula is C13H18BrNO4S. The van der Waals surface area contributed by atoms with Crippen LogP contribution in [0.2, 0.25) is 0 Å². The van der Waals surface area contributed by atoms with Gasteiger partial charge in [-0.15, -0.1) is 0 Å². The maximum Gasteiger partial charge on any atom is 0.244 e. The molecule has 1 fully saturated rings. The second-order valence-electron chi connectivity index (χ2n) is 4.99.